The number of hydrogen-bond acceptors (Lipinski definition) is 9. The maximum absolute atomic E-state index is 15.2. The van der Waals surface area contributed by atoms with Gasteiger partial charge in [0.2, 0.25) is 0 Å². The minimum Gasteiger partial charge on any atom is -0.494 e. The highest BCUT2D eigenvalue weighted by Crippen LogP contribution is 2.34. The zero-order chi connectivity index (χ0) is 33.3. The Labute approximate surface area is 228 Å². The van der Waals surface area contributed by atoms with Crippen LogP contribution in [0.3, 0.4) is 0 Å². The summed E-state index contributed by atoms with van der Waals surface area (Å²) in [5, 5.41) is 10.3. The lowest BCUT2D eigenvalue weighted by molar-refractivity contribution is -0.0529. The number of nitrogen functional groups attached to an aromatic ring is 1. The van der Waals surface area contributed by atoms with Crippen molar-refractivity contribution in [3.8, 4) is 17.0 Å². The van der Waals surface area contributed by atoms with E-state index in [0.717, 1.165) is 48.7 Å². The number of aliphatic hydroxyl groups is 1. The SMILES string of the molecule is [2H]C1([2H])CC[C@](N)([C@H](O)C(F)F)C([2H])([2H])N1c1cnc(-c2cc(F)c(OC)cc2F)cc1C([2H])([2H])n1cnc2c(N)ncnc21. The molecule has 5 N–H and O–H groups in total. The van der Waals surface area contributed by atoms with Crippen LogP contribution < -0.4 is 21.1 Å². The first-order valence-electron chi connectivity index (χ1n) is 14.4. The van der Waals surface area contributed by atoms with E-state index in [1.165, 1.54) is 0 Å². The van der Waals surface area contributed by atoms with Gasteiger partial charge in [0.15, 0.2) is 23.0 Å². The number of aromatic nitrogens is 5. The van der Waals surface area contributed by atoms with Crippen LogP contribution in [0.5, 0.6) is 5.75 Å². The van der Waals surface area contributed by atoms with Crippen LogP contribution in [0.2, 0.25) is 0 Å². The number of halogens is 4. The average Bonchev–Trinajstić information content (AvgIpc) is 3.42. The highest BCUT2D eigenvalue weighted by Gasteiger charge is 2.43. The summed E-state index contributed by atoms with van der Waals surface area (Å²) in [4.78, 5) is 16.2. The minimum absolute atomic E-state index is 0.0230. The number of fused-ring (bicyclic) bond motifs is 1. The lowest BCUT2D eigenvalue weighted by Crippen LogP contribution is -2.63. The number of anilines is 2. The van der Waals surface area contributed by atoms with E-state index >= 15 is 4.39 Å². The molecule has 0 unspecified atom stereocenters. The molecule has 0 amide bonds. The quantitative estimate of drug-likeness (QED) is 0.295. The van der Waals surface area contributed by atoms with E-state index in [2.05, 4.69) is 19.9 Å². The summed E-state index contributed by atoms with van der Waals surface area (Å²) in [6.45, 7) is -8.89. The predicted octanol–water partition coefficient (Wildman–Crippen LogP) is 2.73. The van der Waals surface area contributed by atoms with Crippen molar-refractivity contribution in [1.29, 1.82) is 0 Å². The fourth-order valence-electron chi connectivity index (χ4n) is 4.07. The highest BCUT2D eigenvalue weighted by atomic mass is 19.3. The van der Waals surface area contributed by atoms with Crippen molar-refractivity contribution in [3.63, 3.8) is 0 Å². The molecule has 2 atom stereocenters. The number of nitrogens with zero attached hydrogens (tertiary/aromatic N) is 6. The number of rotatable bonds is 7. The number of alkyl halides is 2. The summed E-state index contributed by atoms with van der Waals surface area (Å²) in [5.74, 6) is -2.57. The monoisotopic (exact) mass is 552 g/mol. The Morgan fingerprint density at radius 1 is 1.21 bits per heavy atom. The molecule has 1 aromatic carbocycles. The molecule has 5 rings (SSSR count). The van der Waals surface area contributed by atoms with Crippen LogP contribution in [0, 0.1) is 11.6 Å². The van der Waals surface area contributed by atoms with E-state index in [0.29, 0.717) is 4.90 Å². The zero-order valence-electron chi connectivity index (χ0n) is 26.2. The van der Waals surface area contributed by atoms with Gasteiger partial charge in [-0.05, 0) is 30.5 Å². The molecule has 1 aliphatic heterocycles. The molecule has 39 heavy (non-hydrogen) atoms. The Hall–Kier alpha value is -4.04. The van der Waals surface area contributed by atoms with Gasteiger partial charge in [-0.3, -0.25) is 4.98 Å². The fraction of sp³-hybridized carbons (Fsp3) is 0.360. The van der Waals surface area contributed by atoms with E-state index in [1.54, 1.807) is 0 Å². The van der Waals surface area contributed by atoms with Crippen molar-refractivity contribution in [3.05, 3.63) is 54.2 Å². The van der Waals surface area contributed by atoms with Crippen LogP contribution in [0.25, 0.3) is 22.4 Å². The smallest absolute Gasteiger partial charge is 0.265 e. The Morgan fingerprint density at radius 2 is 2.00 bits per heavy atom. The molecule has 1 saturated heterocycles. The molecule has 10 nitrogen and oxygen atoms in total. The van der Waals surface area contributed by atoms with Gasteiger partial charge in [-0.1, -0.05) is 0 Å². The maximum Gasteiger partial charge on any atom is 0.265 e. The third-order valence-electron chi connectivity index (χ3n) is 6.14. The van der Waals surface area contributed by atoms with E-state index < -0.39 is 84.6 Å². The second kappa shape index (κ2) is 10.3. The van der Waals surface area contributed by atoms with Gasteiger partial charge in [-0.2, -0.15) is 0 Å². The van der Waals surface area contributed by atoms with Gasteiger partial charge in [0.25, 0.3) is 6.43 Å². The van der Waals surface area contributed by atoms with Crippen molar-refractivity contribution >= 4 is 22.7 Å². The Kier molecular flexibility index (Phi) is 5.25. The Bertz CT molecular complexity index is 1780. The Balaban J connectivity index is 1.81. The molecular weight excluding hydrogens is 520 g/mol. The molecule has 4 heterocycles. The van der Waals surface area contributed by atoms with Gasteiger partial charge in [-0.25, -0.2) is 32.5 Å². The molecule has 0 spiro atoms. The first-order valence-corrected chi connectivity index (χ1v) is 11.4. The molecule has 1 aliphatic rings. The van der Waals surface area contributed by atoms with Gasteiger partial charge in [-0.15, -0.1) is 0 Å². The lowest BCUT2D eigenvalue weighted by atomic mass is 9.84. The second-order valence-corrected chi connectivity index (χ2v) is 8.64. The van der Waals surface area contributed by atoms with Crippen LogP contribution in [0.1, 0.15) is 26.6 Å². The summed E-state index contributed by atoms with van der Waals surface area (Å²) in [6, 6.07) is 2.38. The first-order chi connectivity index (χ1) is 20.9. The number of imidazole rings is 1. The lowest BCUT2D eigenvalue weighted by Gasteiger charge is -2.44. The van der Waals surface area contributed by atoms with Crippen molar-refractivity contribution in [2.45, 2.75) is 37.4 Å². The normalized spacial score (nSPS) is 23.8. The number of piperidine rings is 1. The maximum atomic E-state index is 15.2. The summed E-state index contributed by atoms with van der Waals surface area (Å²) in [5.41, 5.74) is 6.91. The Morgan fingerprint density at radius 3 is 2.74 bits per heavy atom. The molecular formula is C25H26F4N8O2. The summed E-state index contributed by atoms with van der Waals surface area (Å²) in [7, 11) is 1.12. The predicted molar refractivity (Wildman–Crippen MR) is 135 cm³/mol. The van der Waals surface area contributed by atoms with Gasteiger partial charge < -0.3 is 30.8 Å². The third kappa shape index (κ3) is 4.92. The largest absolute Gasteiger partial charge is 0.494 e. The zero-order valence-corrected chi connectivity index (χ0v) is 20.2. The molecule has 4 aromatic rings. The van der Waals surface area contributed by atoms with Gasteiger partial charge in [0, 0.05) is 27.4 Å². The van der Waals surface area contributed by atoms with E-state index in [-0.39, 0.29) is 22.7 Å². The number of pyridine rings is 1. The number of hydrogen-bond donors (Lipinski definition) is 3. The van der Waals surface area contributed by atoms with Gasteiger partial charge in [0.1, 0.15) is 23.8 Å². The summed E-state index contributed by atoms with van der Waals surface area (Å²) in [6.07, 6.45) is -4.88. The molecule has 14 heteroatoms. The number of aliphatic hydroxyl groups excluding tert-OH is 1. The van der Waals surface area contributed by atoms with Crippen LogP contribution in [0.15, 0.2) is 37.1 Å². The fourth-order valence-corrected chi connectivity index (χ4v) is 4.07. The van der Waals surface area contributed by atoms with Gasteiger partial charge >= 0.3 is 0 Å². The molecule has 0 radical (unpaired) electrons. The summed E-state index contributed by atoms with van der Waals surface area (Å²) < 4.78 is 116. The van der Waals surface area contributed by atoms with Crippen LogP contribution >= 0.6 is 0 Å². The molecule has 0 bridgehead atoms. The third-order valence-corrected chi connectivity index (χ3v) is 6.14. The molecule has 0 saturated carbocycles. The molecule has 0 aliphatic carbocycles. The van der Waals surface area contributed by atoms with Crippen molar-refractivity contribution < 1.29 is 35.6 Å². The topological polar surface area (TPSA) is 141 Å². The molecule has 1 fully saturated rings. The second-order valence-electron chi connectivity index (χ2n) is 8.64. The number of methoxy groups -OCH3 is 1. The molecule has 206 valence electrons. The van der Waals surface area contributed by atoms with Crippen molar-refractivity contribution in [2.24, 2.45) is 5.73 Å². The van der Waals surface area contributed by atoms with Crippen LogP contribution in [-0.4, -0.2) is 67.8 Å². The average molecular weight is 553 g/mol. The van der Waals surface area contributed by atoms with E-state index in [9.17, 15) is 18.3 Å². The standard InChI is InChI=1S/C25H26F4N8O2/c1-39-19-7-15(26)14(6-16(19)27)17-5-13(9-37-12-35-20-23(30)33-11-34-24(20)37)18(8-32-17)36-4-2-3-25(31,10-36)21(38)22(28)29/h5-8,11-12,21-22,38H,2-4,9-10,31H2,1H3,(H2,30,33,34)/t21-,25-/m1/s1/i4D2,9D2,10D2. The van der Waals surface area contributed by atoms with E-state index in [4.69, 9.17) is 24.4 Å². The van der Waals surface area contributed by atoms with Crippen molar-refractivity contribution in [2.75, 3.05) is 30.7 Å². The number of nitrogens with two attached hydrogens (primary N) is 2. The van der Waals surface area contributed by atoms with Crippen LogP contribution in [-0.2, 0) is 6.50 Å². The number of benzene rings is 1. The minimum atomic E-state index is -3.52. The van der Waals surface area contributed by atoms with Gasteiger partial charge in [0.05, 0.1) is 48.5 Å². The number of ether oxygens (including phenoxy) is 1. The summed E-state index contributed by atoms with van der Waals surface area (Å²) >= 11 is 0. The van der Waals surface area contributed by atoms with E-state index in [1.807, 2.05) is 0 Å². The van der Waals surface area contributed by atoms with Crippen LogP contribution in [0.4, 0.5) is 29.1 Å². The molecule has 3 aromatic heterocycles. The first kappa shape index (κ1) is 19.9. The highest BCUT2D eigenvalue weighted by molar-refractivity contribution is 5.81. The van der Waals surface area contributed by atoms with Crippen molar-refractivity contribution in [1.82, 2.24) is 24.5 Å².